The van der Waals surface area contributed by atoms with Crippen LogP contribution in [0.3, 0.4) is 0 Å². The van der Waals surface area contributed by atoms with Gasteiger partial charge in [0.05, 0.1) is 23.3 Å². The Kier molecular flexibility index (Phi) is 8.70. The van der Waals surface area contributed by atoms with Gasteiger partial charge in [-0.15, -0.1) is 0 Å². The van der Waals surface area contributed by atoms with Crippen LogP contribution in [0.25, 0.3) is 11.1 Å². The molecule has 0 aliphatic carbocycles. The summed E-state index contributed by atoms with van der Waals surface area (Å²) < 4.78 is 60.2. The zero-order valence-corrected chi connectivity index (χ0v) is 23.1. The van der Waals surface area contributed by atoms with E-state index in [4.69, 9.17) is 39.5 Å². The highest BCUT2D eigenvalue weighted by atomic mass is 35.5. The third-order valence-corrected chi connectivity index (χ3v) is 11.5. The molecule has 1 heterocycles. The summed E-state index contributed by atoms with van der Waals surface area (Å²) in [5.41, 5.74) is 1.45. The second-order valence-electron chi connectivity index (χ2n) is 8.43. The number of hydrogen-bond acceptors (Lipinski definition) is 4. The first-order chi connectivity index (χ1) is 17.4. The van der Waals surface area contributed by atoms with E-state index in [1.165, 1.54) is 30.3 Å². The minimum absolute atomic E-state index is 0.00221. The molecule has 1 unspecified atom stereocenters. The van der Waals surface area contributed by atoms with Gasteiger partial charge in [0, 0.05) is 30.1 Å². The Morgan fingerprint density at radius 2 is 1.57 bits per heavy atom. The van der Waals surface area contributed by atoms with Gasteiger partial charge in [0.25, 0.3) is 0 Å². The van der Waals surface area contributed by atoms with Gasteiger partial charge in [0.2, 0.25) is 15.0 Å². The van der Waals surface area contributed by atoms with Crippen LogP contribution in [-0.4, -0.2) is 48.8 Å². The first-order valence-electron chi connectivity index (χ1n) is 11.0. The average molecular weight is 609 g/mol. The van der Waals surface area contributed by atoms with Gasteiger partial charge < -0.3 is 14.5 Å². The molecule has 0 bridgehead atoms. The van der Waals surface area contributed by atoms with Gasteiger partial charge in [-0.25, -0.2) is 12.8 Å². The average Bonchev–Trinajstić information content (AvgIpc) is 2.84. The summed E-state index contributed by atoms with van der Waals surface area (Å²) in [5, 5.41) is 0.919. The molecule has 3 aromatic carbocycles. The van der Waals surface area contributed by atoms with Crippen LogP contribution in [0.1, 0.15) is 21.7 Å². The predicted molar refractivity (Wildman–Crippen MR) is 142 cm³/mol. The Labute approximate surface area is 228 Å². The minimum atomic E-state index is -5.12. The molecule has 3 aromatic rings. The Morgan fingerprint density at radius 1 is 0.946 bits per heavy atom. The highest BCUT2D eigenvalue weighted by molar-refractivity contribution is 7.95. The Bertz CT molecular complexity index is 1460. The first kappa shape index (κ1) is 28.5. The van der Waals surface area contributed by atoms with Crippen LogP contribution in [0.2, 0.25) is 15.1 Å². The van der Waals surface area contributed by atoms with E-state index in [2.05, 4.69) is 0 Å². The Morgan fingerprint density at radius 3 is 2.19 bits per heavy atom. The molecule has 1 aliphatic heterocycles. The number of ether oxygens (including phenoxy) is 1. The van der Waals surface area contributed by atoms with Crippen LogP contribution in [0.15, 0.2) is 54.6 Å². The van der Waals surface area contributed by atoms with Crippen molar-refractivity contribution in [2.45, 2.75) is 11.4 Å². The number of benzene rings is 3. The summed E-state index contributed by atoms with van der Waals surface area (Å²) in [6.45, 7) is 0.264. The Balaban J connectivity index is 1.66. The van der Waals surface area contributed by atoms with Gasteiger partial charge in [0.15, 0.2) is 0 Å². The van der Waals surface area contributed by atoms with E-state index in [1.807, 2.05) is 0 Å². The topological polar surface area (TPSA) is 104 Å². The summed E-state index contributed by atoms with van der Waals surface area (Å²) in [6, 6.07) is 13.3. The second-order valence-corrected chi connectivity index (χ2v) is 13.7. The molecule has 1 aliphatic rings. The molecule has 0 amide bonds. The van der Waals surface area contributed by atoms with E-state index in [0.29, 0.717) is 26.7 Å². The molecular weight excluding hydrogens is 587 g/mol. The van der Waals surface area contributed by atoms with E-state index < -0.39 is 28.4 Å². The normalized spacial score (nSPS) is 16.1. The number of hydrogen-bond donors (Lipinski definition) is 2. The van der Waals surface area contributed by atoms with E-state index in [1.54, 1.807) is 24.3 Å². The predicted octanol–water partition coefficient (Wildman–Crippen LogP) is 5.88. The van der Waals surface area contributed by atoms with Crippen molar-refractivity contribution >= 4 is 52.4 Å². The van der Waals surface area contributed by atoms with E-state index in [-0.39, 0.29) is 48.9 Å². The molecule has 1 fully saturated rings. The molecule has 37 heavy (non-hydrogen) atoms. The number of nitrogens with zero attached hydrogens (tertiary/aromatic N) is 1. The van der Waals surface area contributed by atoms with Gasteiger partial charge >= 0.3 is 7.60 Å². The van der Waals surface area contributed by atoms with Crippen molar-refractivity contribution in [2.75, 3.05) is 26.3 Å². The van der Waals surface area contributed by atoms with Crippen molar-refractivity contribution in [2.24, 2.45) is 0 Å². The molecule has 1 atom stereocenters. The van der Waals surface area contributed by atoms with Crippen molar-refractivity contribution < 1.29 is 31.9 Å². The fourth-order valence-electron chi connectivity index (χ4n) is 4.15. The molecule has 4 rings (SSSR count). The van der Waals surface area contributed by atoms with Crippen LogP contribution in [0.4, 0.5) is 4.39 Å². The summed E-state index contributed by atoms with van der Waals surface area (Å²) >= 11 is 18.3. The van der Waals surface area contributed by atoms with Crippen LogP contribution in [-0.2, 0) is 25.7 Å². The molecule has 7 nitrogen and oxygen atoms in total. The van der Waals surface area contributed by atoms with Crippen LogP contribution in [0, 0.1) is 5.82 Å². The van der Waals surface area contributed by atoms with Crippen LogP contribution in [0.5, 0.6) is 0 Å². The van der Waals surface area contributed by atoms with E-state index in [9.17, 15) is 22.8 Å². The van der Waals surface area contributed by atoms with Crippen molar-refractivity contribution in [3.63, 3.8) is 0 Å². The number of morpholine rings is 1. The number of halogens is 4. The third-order valence-electron chi connectivity index (χ3n) is 5.97. The summed E-state index contributed by atoms with van der Waals surface area (Å²) in [7, 11) is -9.51. The maximum absolute atomic E-state index is 15.5. The van der Waals surface area contributed by atoms with Gasteiger partial charge in [-0.3, -0.25) is 4.57 Å². The lowest BCUT2D eigenvalue weighted by Crippen LogP contribution is -2.42. The zero-order valence-electron chi connectivity index (χ0n) is 19.2. The second kappa shape index (κ2) is 11.3. The molecule has 1 saturated heterocycles. The summed E-state index contributed by atoms with van der Waals surface area (Å²) in [6.07, 6.45) is 0.144. The van der Waals surface area contributed by atoms with Crippen molar-refractivity contribution in [1.29, 1.82) is 0 Å². The van der Waals surface area contributed by atoms with Crippen LogP contribution >= 0.6 is 42.4 Å². The van der Waals surface area contributed by atoms with Gasteiger partial charge in [-0.1, -0.05) is 77.3 Å². The van der Waals surface area contributed by atoms with Gasteiger partial charge in [0.1, 0.15) is 5.82 Å². The fraction of sp³-hybridized carbons (Fsp3) is 0.250. The lowest BCUT2D eigenvalue weighted by molar-refractivity contribution is 0.0728. The lowest BCUT2D eigenvalue weighted by Gasteiger charge is -2.30. The van der Waals surface area contributed by atoms with Gasteiger partial charge in [-0.05, 0) is 34.4 Å². The molecule has 0 saturated carbocycles. The molecular formula is C24H22Cl3FNO6PS. The SMILES string of the molecule is O=P(O)(O)C(c1ccc(-c2cccc(Cc3cc(Cl)c(Cl)cc3Cl)c2F)cc1)S(=O)(=O)N1CCOCC1. The molecule has 198 valence electrons. The third kappa shape index (κ3) is 6.22. The standard InChI is InChI=1S/C24H22Cl3FNO6PS/c25-20-14-22(27)21(26)13-18(20)12-17-2-1-3-19(23(17)28)15-4-6-16(7-5-15)24(36(30,31)32)37(33,34)29-8-10-35-11-9-29/h1-7,13-14,24H,8-12H2,(H2,30,31,32). The molecule has 0 radical (unpaired) electrons. The van der Waals surface area contributed by atoms with Gasteiger partial charge in [-0.2, -0.15) is 4.31 Å². The first-order valence-corrected chi connectivity index (χ1v) is 15.3. The van der Waals surface area contributed by atoms with Crippen molar-refractivity contribution in [1.82, 2.24) is 4.31 Å². The number of rotatable bonds is 7. The Hall–Kier alpha value is -1.52. The summed E-state index contributed by atoms with van der Waals surface area (Å²) in [4.78, 5) is 17.8. The quantitative estimate of drug-likeness (QED) is 0.256. The molecule has 13 heteroatoms. The largest absolute Gasteiger partial charge is 0.379 e. The molecule has 2 N–H and O–H groups in total. The highest BCUT2D eigenvalue weighted by Gasteiger charge is 2.45. The van der Waals surface area contributed by atoms with Crippen molar-refractivity contribution in [3.8, 4) is 11.1 Å². The number of sulfonamides is 1. The maximum Gasteiger partial charge on any atom is 0.349 e. The monoisotopic (exact) mass is 607 g/mol. The highest BCUT2D eigenvalue weighted by Crippen LogP contribution is 2.56. The summed E-state index contributed by atoms with van der Waals surface area (Å²) in [5.74, 6) is -0.523. The smallest absolute Gasteiger partial charge is 0.349 e. The zero-order chi connectivity index (χ0) is 27.0. The maximum atomic E-state index is 15.5. The van der Waals surface area contributed by atoms with E-state index in [0.717, 1.165) is 4.31 Å². The van der Waals surface area contributed by atoms with Crippen LogP contribution < -0.4 is 0 Å². The van der Waals surface area contributed by atoms with E-state index >= 15 is 4.39 Å². The minimum Gasteiger partial charge on any atom is -0.379 e. The molecule has 0 aromatic heterocycles. The fourth-order valence-corrected chi connectivity index (χ4v) is 8.58. The lowest BCUT2D eigenvalue weighted by atomic mass is 9.97. The molecule has 0 spiro atoms. The van der Waals surface area contributed by atoms with Crippen molar-refractivity contribution in [3.05, 3.63) is 92.2 Å².